The van der Waals surface area contributed by atoms with E-state index in [1.165, 1.54) is 0 Å². The van der Waals surface area contributed by atoms with Crippen LogP contribution in [0.1, 0.15) is 11.4 Å². The normalized spacial score (nSPS) is 10.7. The van der Waals surface area contributed by atoms with Gasteiger partial charge in [-0.2, -0.15) is 0 Å². The summed E-state index contributed by atoms with van der Waals surface area (Å²) in [6, 6.07) is 7.47. The van der Waals surface area contributed by atoms with Gasteiger partial charge in [0.2, 0.25) is 0 Å². The SMILES string of the molecule is [C-]#[N+]c1ccccc1Cn1c(Br)nc2c(N)nc(C)nc21. The fourth-order valence-electron chi connectivity index (χ4n) is 2.17. The zero-order valence-electron chi connectivity index (χ0n) is 11.2. The minimum Gasteiger partial charge on any atom is -0.382 e. The first-order chi connectivity index (χ1) is 10.1. The lowest BCUT2D eigenvalue weighted by Gasteiger charge is -2.07. The van der Waals surface area contributed by atoms with Crippen molar-refractivity contribution in [3.8, 4) is 0 Å². The average Bonchev–Trinajstić information content (AvgIpc) is 2.77. The van der Waals surface area contributed by atoms with Crippen LogP contribution in [0.5, 0.6) is 0 Å². The number of aromatic nitrogens is 4. The predicted molar refractivity (Wildman–Crippen MR) is 84.0 cm³/mol. The molecule has 7 heteroatoms. The smallest absolute Gasteiger partial charge is 0.192 e. The number of aryl methyl sites for hydroxylation is 1. The molecule has 2 aromatic heterocycles. The quantitative estimate of drug-likeness (QED) is 0.573. The fraction of sp³-hybridized carbons (Fsp3) is 0.143. The molecule has 0 aliphatic heterocycles. The number of nitrogens with zero attached hydrogens (tertiary/aromatic N) is 5. The van der Waals surface area contributed by atoms with Crippen LogP contribution in [0.3, 0.4) is 0 Å². The molecule has 3 aromatic rings. The molecule has 0 saturated heterocycles. The highest BCUT2D eigenvalue weighted by Crippen LogP contribution is 2.26. The second kappa shape index (κ2) is 5.14. The highest BCUT2D eigenvalue weighted by atomic mass is 79.9. The lowest BCUT2D eigenvalue weighted by Crippen LogP contribution is -2.03. The monoisotopic (exact) mass is 342 g/mol. The first-order valence-corrected chi connectivity index (χ1v) is 7.00. The number of imidazole rings is 1. The second-order valence-electron chi connectivity index (χ2n) is 4.54. The molecule has 6 nitrogen and oxygen atoms in total. The van der Waals surface area contributed by atoms with Crippen molar-refractivity contribution in [1.29, 1.82) is 0 Å². The Morgan fingerprint density at radius 3 is 2.81 bits per heavy atom. The van der Waals surface area contributed by atoms with Crippen molar-refractivity contribution in [2.75, 3.05) is 5.73 Å². The summed E-state index contributed by atoms with van der Waals surface area (Å²) in [4.78, 5) is 16.4. The molecule has 2 N–H and O–H groups in total. The first kappa shape index (κ1) is 13.5. The molecular weight excluding hydrogens is 332 g/mol. The molecule has 0 radical (unpaired) electrons. The van der Waals surface area contributed by atoms with E-state index in [0.717, 1.165) is 5.56 Å². The number of nitrogens with two attached hydrogens (primary N) is 1. The van der Waals surface area contributed by atoms with Gasteiger partial charge in [0, 0.05) is 6.54 Å². The van der Waals surface area contributed by atoms with Gasteiger partial charge in [-0.1, -0.05) is 24.3 Å². The third kappa shape index (κ3) is 2.34. The molecule has 3 rings (SSSR count). The highest BCUT2D eigenvalue weighted by Gasteiger charge is 2.15. The number of rotatable bonds is 2. The minimum absolute atomic E-state index is 0.357. The van der Waals surface area contributed by atoms with Gasteiger partial charge >= 0.3 is 0 Å². The molecule has 0 aliphatic rings. The van der Waals surface area contributed by atoms with Gasteiger partial charge in [0.05, 0.1) is 6.57 Å². The summed E-state index contributed by atoms with van der Waals surface area (Å²) in [6.45, 7) is 9.52. The highest BCUT2D eigenvalue weighted by molar-refractivity contribution is 9.10. The molecule has 0 unspecified atom stereocenters. The summed E-state index contributed by atoms with van der Waals surface area (Å²) in [5.41, 5.74) is 8.63. The number of nitrogen functional groups attached to an aromatic ring is 1. The third-order valence-corrected chi connectivity index (χ3v) is 3.73. The van der Waals surface area contributed by atoms with Crippen molar-refractivity contribution in [2.24, 2.45) is 0 Å². The summed E-state index contributed by atoms with van der Waals surface area (Å²) >= 11 is 3.42. The van der Waals surface area contributed by atoms with Crippen LogP contribution in [0.25, 0.3) is 16.0 Å². The average molecular weight is 343 g/mol. The van der Waals surface area contributed by atoms with E-state index in [2.05, 4.69) is 35.7 Å². The Kier molecular flexibility index (Phi) is 3.31. The number of hydrogen-bond acceptors (Lipinski definition) is 4. The van der Waals surface area contributed by atoms with E-state index < -0.39 is 0 Å². The number of fused-ring (bicyclic) bond motifs is 1. The van der Waals surface area contributed by atoms with Crippen LogP contribution < -0.4 is 5.73 Å². The van der Waals surface area contributed by atoms with Gasteiger partial charge in [-0.15, -0.1) is 0 Å². The van der Waals surface area contributed by atoms with E-state index >= 15 is 0 Å². The Balaban J connectivity index is 2.17. The van der Waals surface area contributed by atoms with Gasteiger partial charge < -0.3 is 5.73 Å². The fourth-order valence-corrected chi connectivity index (χ4v) is 2.64. The first-order valence-electron chi connectivity index (χ1n) is 6.21. The van der Waals surface area contributed by atoms with Gasteiger partial charge in [-0.3, -0.25) is 4.57 Å². The van der Waals surface area contributed by atoms with Gasteiger partial charge in [0.1, 0.15) is 5.82 Å². The van der Waals surface area contributed by atoms with Crippen LogP contribution in [-0.4, -0.2) is 19.5 Å². The molecule has 21 heavy (non-hydrogen) atoms. The molecule has 1 aromatic carbocycles. The number of benzene rings is 1. The topological polar surface area (TPSA) is 74.0 Å². The lowest BCUT2D eigenvalue weighted by molar-refractivity contribution is 0.790. The van der Waals surface area contributed by atoms with Crippen molar-refractivity contribution >= 4 is 38.6 Å². The van der Waals surface area contributed by atoms with Gasteiger partial charge in [-0.05, 0) is 28.4 Å². The minimum atomic E-state index is 0.357. The molecule has 0 spiro atoms. The Labute approximate surface area is 129 Å². The summed E-state index contributed by atoms with van der Waals surface area (Å²) in [5.74, 6) is 0.947. The van der Waals surface area contributed by atoms with Crippen LogP contribution in [0.15, 0.2) is 29.0 Å². The van der Waals surface area contributed by atoms with E-state index in [4.69, 9.17) is 12.3 Å². The Bertz CT molecular complexity index is 877. The maximum absolute atomic E-state index is 7.24. The van der Waals surface area contributed by atoms with Gasteiger partial charge in [0.15, 0.2) is 27.4 Å². The van der Waals surface area contributed by atoms with Gasteiger partial charge in [0.25, 0.3) is 0 Å². The predicted octanol–water partition coefficient (Wildman–Crippen LogP) is 3.08. The summed E-state index contributed by atoms with van der Waals surface area (Å²) in [7, 11) is 0. The van der Waals surface area contributed by atoms with Crippen LogP contribution >= 0.6 is 15.9 Å². The Morgan fingerprint density at radius 1 is 1.29 bits per heavy atom. The number of halogens is 1. The Morgan fingerprint density at radius 2 is 2.05 bits per heavy atom. The molecule has 0 amide bonds. The maximum Gasteiger partial charge on any atom is 0.192 e. The largest absolute Gasteiger partial charge is 0.382 e. The van der Waals surface area contributed by atoms with Crippen molar-refractivity contribution in [3.05, 3.63) is 51.8 Å². The van der Waals surface area contributed by atoms with E-state index in [1.54, 1.807) is 13.0 Å². The van der Waals surface area contributed by atoms with Crippen molar-refractivity contribution < 1.29 is 0 Å². The number of hydrogen-bond donors (Lipinski definition) is 1. The molecule has 0 atom stereocenters. The second-order valence-corrected chi connectivity index (χ2v) is 5.25. The molecule has 0 bridgehead atoms. The van der Waals surface area contributed by atoms with Crippen LogP contribution in [0.4, 0.5) is 11.5 Å². The number of para-hydroxylation sites is 1. The summed E-state index contributed by atoms with van der Waals surface area (Å²) in [6.07, 6.45) is 0. The molecule has 0 fully saturated rings. The van der Waals surface area contributed by atoms with E-state index in [1.807, 2.05) is 22.8 Å². The van der Waals surface area contributed by atoms with Crippen molar-refractivity contribution in [3.63, 3.8) is 0 Å². The number of anilines is 1. The molecule has 0 saturated carbocycles. The van der Waals surface area contributed by atoms with Crippen LogP contribution in [0.2, 0.25) is 0 Å². The molecule has 2 heterocycles. The van der Waals surface area contributed by atoms with Crippen molar-refractivity contribution in [1.82, 2.24) is 19.5 Å². The summed E-state index contributed by atoms with van der Waals surface area (Å²) in [5, 5.41) is 0. The molecule has 104 valence electrons. The van der Waals surface area contributed by atoms with E-state index in [9.17, 15) is 0 Å². The Hall–Kier alpha value is -2.46. The van der Waals surface area contributed by atoms with Crippen molar-refractivity contribution in [2.45, 2.75) is 13.5 Å². The molecular formula is C14H11BrN6. The van der Waals surface area contributed by atoms with E-state index in [-0.39, 0.29) is 0 Å². The van der Waals surface area contributed by atoms with Crippen LogP contribution in [0, 0.1) is 13.5 Å². The zero-order valence-corrected chi connectivity index (χ0v) is 12.8. The van der Waals surface area contributed by atoms with Gasteiger partial charge in [-0.25, -0.2) is 19.8 Å². The third-order valence-electron chi connectivity index (χ3n) is 3.13. The van der Waals surface area contributed by atoms with E-state index in [0.29, 0.717) is 39.8 Å². The standard InChI is InChI=1S/C14H11BrN6/c1-8-18-12(16)11-13(19-8)21(14(15)20-11)7-9-5-3-4-6-10(9)17-2/h3-6H,7H2,1H3,(H2,16,18,19). The zero-order chi connectivity index (χ0) is 15.0. The lowest BCUT2D eigenvalue weighted by atomic mass is 10.2. The summed E-state index contributed by atoms with van der Waals surface area (Å²) < 4.78 is 2.49. The molecule has 0 aliphatic carbocycles. The van der Waals surface area contributed by atoms with Crippen LogP contribution in [-0.2, 0) is 6.54 Å². The maximum atomic E-state index is 7.24.